The van der Waals surface area contributed by atoms with Crippen LogP contribution >= 0.6 is 15.6 Å². The summed E-state index contributed by atoms with van der Waals surface area (Å²) in [6.45, 7) is -2.21. The second-order valence-corrected chi connectivity index (χ2v) is 6.33. The molecule has 1 rings (SSSR count). The summed E-state index contributed by atoms with van der Waals surface area (Å²) in [5.74, 6) is -2.72. The summed E-state index contributed by atoms with van der Waals surface area (Å²) in [5, 5.41) is 28.6. The van der Waals surface area contributed by atoms with Crippen LogP contribution in [0.1, 0.15) is 0 Å². The first-order chi connectivity index (χ1) is 8.84. The van der Waals surface area contributed by atoms with Gasteiger partial charge in [0.05, 0.1) is 6.61 Å². The number of phosphoric acid groups is 2. The minimum absolute atomic E-state index is 0. The van der Waals surface area contributed by atoms with E-state index in [2.05, 4.69) is 13.8 Å². The molecule has 0 amide bonds. The predicted octanol–water partition coefficient (Wildman–Crippen LogP) is -10.2. The van der Waals surface area contributed by atoms with Gasteiger partial charge in [0, 0.05) is 0 Å². The zero-order valence-corrected chi connectivity index (χ0v) is 17.4. The largest absolute Gasteiger partial charge is 1.00 e. The topological polar surface area (TPSA) is 209 Å². The fourth-order valence-corrected chi connectivity index (χ4v) is 2.15. The molecule has 0 aromatic heterocycles. The summed E-state index contributed by atoms with van der Waals surface area (Å²) in [6, 6.07) is 0. The maximum absolute atomic E-state index is 10.4. The van der Waals surface area contributed by atoms with E-state index >= 15 is 0 Å². The van der Waals surface area contributed by atoms with Crippen molar-refractivity contribution in [2.45, 2.75) is 24.1 Å². The van der Waals surface area contributed by atoms with Gasteiger partial charge in [-0.25, -0.2) is 0 Å². The van der Waals surface area contributed by atoms with Crippen LogP contribution in [0, 0.1) is 0 Å². The van der Waals surface area contributed by atoms with Crippen molar-refractivity contribution in [2.24, 2.45) is 0 Å². The van der Waals surface area contributed by atoms with Crippen LogP contribution in [0.4, 0.5) is 0 Å². The van der Waals surface area contributed by atoms with Gasteiger partial charge in [-0.3, -0.25) is 9.13 Å². The molecule has 1 aliphatic rings. The number of hydrogen-bond donors (Lipinski definition) is 5. The van der Waals surface area contributed by atoms with Gasteiger partial charge in [-0.05, 0) is 0 Å². The molecule has 0 radical (unpaired) electrons. The van der Waals surface area contributed by atoms with E-state index in [1.807, 2.05) is 0 Å². The first-order valence-corrected chi connectivity index (χ1v) is 7.96. The van der Waals surface area contributed by atoms with Crippen molar-refractivity contribution in [1.82, 2.24) is 0 Å². The molecule has 6 atom stereocenters. The van der Waals surface area contributed by atoms with Gasteiger partial charge < -0.3 is 48.7 Å². The van der Waals surface area contributed by atoms with Crippen molar-refractivity contribution in [2.75, 3.05) is 13.2 Å². The van der Waals surface area contributed by atoms with Gasteiger partial charge in [0.1, 0.15) is 24.9 Å². The molecule has 1 heterocycles. The first kappa shape index (κ1) is 26.3. The van der Waals surface area contributed by atoms with Crippen molar-refractivity contribution in [3.05, 3.63) is 0 Å². The van der Waals surface area contributed by atoms with Gasteiger partial charge in [0.15, 0.2) is 0 Å². The molecular formula is C6H12Na2O12P2. The standard InChI is InChI=1S/C6H14O12P2.2Na/c7-4-3(1-16-19(10,11)12)18-6(9,5(4)8)2-17-20(13,14)15;;/h3-5,7-9H,1-2H2,(H2,10,11,12)(H2,13,14,15);;/q;2*+1/p-2/t3-,4-,5+,6+;;/m1../s1. The van der Waals surface area contributed by atoms with E-state index in [1.165, 1.54) is 0 Å². The SMILES string of the molecule is O=P([O-])(O)OC[C@H]1O[C@@](O)(COP(=O)([O-])O)[C@@H](O)[C@@H]1O.[Na+].[Na+]. The molecule has 120 valence electrons. The van der Waals surface area contributed by atoms with Crippen molar-refractivity contribution < 1.29 is 117 Å². The summed E-state index contributed by atoms with van der Waals surface area (Å²) < 4.78 is 33.1. The van der Waals surface area contributed by atoms with Crippen molar-refractivity contribution in [1.29, 1.82) is 0 Å². The molecule has 0 aromatic rings. The second kappa shape index (κ2) is 9.67. The smallest absolute Gasteiger partial charge is 0.756 e. The number of aliphatic hydroxyl groups excluding tert-OH is 2. The van der Waals surface area contributed by atoms with Crippen LogP contribution in [-0.4, -0.2) is 62.4 Å². The number of ether oxygens (including phenoxy) is 1. The third kappa shape index (κ3) is 8.43. The van der Waals surface area contributed by atoms with E-state index in [9.17, 15) is 34.2 Å². The zero-order chi connectivity index (χ0) is 15.8. The minimum atomic E-state index is -5.22. The third-order valence-electron chi connectivity index (χ3n) is 2.36. The summed E-state index contributed by atoms with van der Waals surface area (Å²) in [6.07, 6.45) is -5.54. The van der Waals surface area contributed by atoms with Crippen LogP contribution in [0.25, 0.3) is 0 Å². The molecule has 0 bridgehead atoms. The molecule has 0 saturated carbocycles. The van der Waals surface area contributed by atoms with Crippen molar-refractivity contribution >= 4 is 15.6 Å². The molecule has 16 heteroatoms. The Kier molecular flexibility index (Phi) is 11.6. The van der Waals surface area contributed by atoms with Gasteiger partial charge in [0.25, 0.3) is 15.6 Å². The summed E-state index contributed by atoms with van der Waals surface area (Å²) in [4.78, 5) is 37.4. The van der Waals surface area contributed by atoms with Crippen LogP contribution in [0.2, 0.25) is 0 Å². The average molecular weight is 384 g/mol. The van der Waals surface area contributed by atoms with Crippen molar-refractivity contribution in [3.8, 4) is 0 Å². The number of phosphoric ester groups is 2. The number of rotatable bonds is 6. The predicted molar refractivity (Wildman–Crippen MR) is 53.4 cm³/mol. The molecule has 1 aliphatic heterocycles. The fraction of sp³-hybridized carbons (Fsp3) is 1.00. The Morgan fingerprint density at radius 3 is 1.95 bits per heavy atom. The molecule has 1 fully saturated rings. The third-order valence-corrected chi connectivity index (χ3v) is 3.29. The molecule has 22 heavy (non-hydrogen) atoms. The number of aliphatic hydroxyl groups is 3. The van der Waals surface area contributed by atoms with E-state index in [1.54, 1.807) is 0 Å². The maximum Gasteiger partial charge on any atom is 1.00 e. The Bertz CT molecular complexity index is 437. The molecule has 12 nitrogen and oxygen atoms in total. The Morgan fingerprint density at radius 2 is 1.55 bits per heavy atom. The quantitative estimate of drug-likeness (QED) is 0.214. The minimum Gasteiger partial charge on any atom is -0.756 e. The maximum atomic E-state index is 10.4. The Hall–Kier alpha value is 2.06. The first-order valence-electron chi connectivity index (χ1n) is 4.97. The molecule has 0 aliphatic carbocycles. The van der Waals surface area contributed by atoms with Gasteiger partial charge >= 0.3 is 59.1 Å². The van der Waals surface area contributed by atoms with E-state index < -0.39 is 53.0 Å². The molecule has 2 unspecified atom stereocenters. The summed E-state index contributed by atoms with van der Waals surface area (Å²) >= 11 is 0. The van der Waals surface area contributed by atoms with Gasteiger partial charge in [-0.15, -0.1) is 0 Å². The molecular weight excluding hydrogens is 372 g/mol. The zero-order valence-electron chi connectivity index (χ0n) is 11.6. The van der Waals surface area contributed by atoms with Crippen LogP contribution in [0.5, 0.6) is 0 Å². The van der Waals surface area contributed by atoms with E-state index in [4.69, 9.17) is 9.79 Å². The van der Waals surface area contributed by atoms with Gasteiger partial charge in [-0.1, -0.05) is 0 Å². The number of hydrogen-bond acceptors (Lipinski definition) is 10. The molecule has 1 saturated heterocycles. The monoisotopic (exact) mass is 384 g/mol. The average Bonchev–Trinajstić information content (AvgIpc) is 2.48. The van der Waals surface area contributed by atoms with Crippen LogP contribution in [0.3, 0.4) is 0 Å². The Labute approximate surface area is 168 Å². The van der Waals surface area contributed by atoms with Gasteiger partial charge in [-0.2, -0.15) is 0 Å². The van der Waals surface area contributed by atoms with Crippen LogP contribution < -0.4 is 68.9 Å². The van der Waals surface area contributed by atoms with Crippen LogP contribution in [0.15, 0.2) is 0 Å². The van der Waals surface area contributed by atoms with Crippen LogP contribution in [-0.2, 0) is 22.9 Å². The van der Waals surface area contributed by atoms with E-state index in [0.29, 0.717) is 0 Å². The van der Waals surface area contributed by atoms with E-state index in [-0.39, 0.29) is 59.1 Å². The Balaban J connectivity index is 0. The fourth-order valence-electron chi connectivity index (χ4n) is 1.47. The molecule has 0 aromatic carbocycles. The van der Waals surface area contributed by atoms with Gasteiger partial charge in [0.2, 0.25) is 5.79 Å². The normalized spacial score (nSPS) is 36.6. The Morgan fingerprint density at radius 1 is 1.09 bits per heavy atom. The van der Waals surface area contributed by atoms with E-state index in [0.717, 1.165) is 0 Å². The summed E-state index contributed by atoms with van der Waals surface area (Å²) in [7, 11) is -10.3. The molecule has 0 spiro atoms. The molecule has 5 N–H and O–H groups in total. The van der Waals surface area contributed by atoms with Crippen molar-refractivity contribution in [3.63, 3.8) is 0 Å². The second-order valence-electron chi connectivity index (χ2n) is 3.94. The summed E-state index contributed by atoms with van der Waals surface area (Å²) in [5.41, 5.74) is 0.